The van der Waals surface area contributed by atoms with Crippen molar-refractivity contribution in [3.05, 3.63) is 58.2 Å². The van der Waals surface area contributed by atoms with Crippen LogP contribution >= 0.6 is 0 Å². The van der Waals surface area contributed by atoms with Crippen LogP contribution in [0.4, 0.5) is 5.82 Å². The summed E-state index contributed by atoms with van der Waals surface area (Å²) in [6.07, 6.45) is 11.1. The first-order valence-corrected chi connectivity index (χ1v) is 16.0. The molecule has 0 bridgehead atoms. The molecular weight excluding hydrogens is 512 g/mol. The summed E-state index contributed by atoms with van der Waals surface area (Å²) >= 11 is 0. The predicted molar refractivity (Wildman–Crippen MR) is 153 cm³/mol. The van der Waals surface area contributed by atoms with E-state index < -0.39 is 9.93 Å². The minimum Gasteiger partial charge on any atom is -0.361 e. The number of aryl methyl sites for hydroxylation is 1. The van der Waals surface area contributed by atoms with Gasteiger partial charge in [-0.1, -0.05) is 22.9 Å². The highest BCUT2D eigenvalue weighted by Gasteiger charge is 2.33. The Labute approximate surface area is 228 Å². The quantitative estimate of drug-likeness (QED) is 0.301. The van der Waals surface area contributed by atoms with Crippen LogP contribution in [0.3, 0.4) is 0 Å². The monoisotopic (exact) mass is 546 g/mol. The van der Waals surface area contributed by atoms with Crippen LogP contribution in [0.5, 0.6) is 0 Å². The van der Waals surface area contributed by atoms with Gasteiger partial charge in [0.05, 0.1) is 23.1 Å². The molecule has 4 heterocycles. The van der Waals surface area contributed by atoms with Gasteiger partial charge in [-0.3, -0.25) is 13.6 Å². The van der Waals surface area contributed by atoms with Crippen LogP contribution in [0.1, 0.15) is 68.4 Å². The minimum atomic E-state index is -2.43. The van der Waals surface area contributed by atoms with Gasteiger partial charge in [0, 0.05) is 30.5 Å². The Morgan fingerprint density at radius 1 is 1.08 bits per heavy atom. The number of nitrogens with one attached hydrogen (secondary N) is 1. The second-order valence-corrected chi connectivity index (χ2v) is 14.2. The van der Waals surface area contributed by atoms with E-state index in [-0.39, 0.29) is 17.4 Å². The summed E-state index contributed by atoms with van der Waals surface area (Å²) in [5.74, 6) is 2.20. The number of hydrogen-bond acceptors (Lipinski definition) is 9. The summed E-state index contributed by atoms with van der Waals surface area (Å²) in [6.45, 7) is 6.30. The molecule has 0 saturated heterocycles. The maximum absolute atomic E-state index is 13.8. The van der Waals surface area contributed by atoms with Crippen molar-refractivity contribution in [2.24, 2.45) is 5.92 Å². The first kappa shape index (κ1) is 25.7. The Morgan fingerprint density at radius 3 is 2.54 bits per heavy atom. The lowest BCUT2D eigenvalue weighted by Crippen LogP contribution is -2.29. The molecule has 4 aromatic rings. The van der Waals surface area contributed by atoms with E-state index in [1.54, 1.807) is 29.5 Å². The fraction of sp³-hybridized carbons (Fsp3) is 0.464. The fourth-order valence-corrected chi connectivity index (χ4v) is 6.00. The zero-order valence-electron chi connectivity index (χ0n) is 22.8. The number of thiol groups is 1. The molecule has 2 fully saturated rings. The highest BCUT2D eigenvalue weighted by molar-refractivity contribution is 8.02. The molecule has 11 heteroatoms. The number of fused-ring (bicyclic) bond motifs is 1. The van der Waals surface area contributed by atoms with Gasteiger partial charge < -0.3 is 5.32 Å². The Hall–Kier alpha value is -3.60. The van der Waals surface area contributed by atoms with Crippen LogP contribution in [0.2, 0.25) is 0 Å². The first-order valence-electron chi connectivity index (χ1n) is 13.6. The molecule has 0 unspecified atom stereocenters. The van der Waals surface area contributed by atoms with Crippen molar-refractivity contribution >= 4 is 26.9 Å². The molecule has 204 valence electrons. The molecule has 4 aromatic heterocycles. The Kier molecular flexibility index (Phi) is 6.49. The summed E-state index contributed by atoms with van der Waals surface area (Å²) in [4.78, 5) is 41.4. The van der Waals surface area contributed by atoms with Gasteiger partial charge in [-0.05, 0) is 63.3 Å². The largest absolute Gasteiger partial charge is 0.361 e. The van der Waals surface area contributed by atoms with Crippen molar-refractivity contribution in [1.29, 1.82) is 0 Å². The molecule has 6 rings (SSSR count). The van der Waals surface area contributed by atoms with Gasteiger partial charge in [0.1, 0.15) is 16.9 Å². The van der Waals surface area contributed by atoms with Gasteiger partial charge in [-0.25, -0.2) is 29.9 Å². The predicted octanol–water partition coefficient (Wildman–Crippen LogP) is 3.83. The van der Waals surface area contributed by atoms with Crippen LogP contribution in [0.25, 0.3) is 22.6 Å². The van der Waals surface area contributed by atoms with Gasteiger partial charge >= 0.3 is 0 Å². The number of pyridine rings is 1. The molecule has 0 amide bonds. The molecule has 2 saturated carbocycles. The Morgan fingerprint density at radius 2 is 1.87 bits per heavy atom. The molecule has 0 aromatic carbocycles. The third kappa shape index (κ3) is 4.95. The van der Waals surface area contributed by atoms with E-state index in [0.29, 0.717) is 46.1 Å². The molecule has 0 radical (unpaired) electrons. The fourth-order valence-electron chi connectivity index (χ4n) is 4.99. The van der Waals surface area contributed by atoms with Crippen molar-refractivity contribution in [2.45, 2.75) is 70.0 Å². The summed E-state index contributed by atoms with van der Waals surface area (Å²) in [6, 6.07) is 3.68. The number of hydrogen-bond donors (Lipinski definition) is 2. The highest BCUT2D eigenvalue weighted by atomic mass is 32.2. The van der Waals surface area contributed by atoms with Crippen molar-refractivity contribution < 1.29 is 4.21 Å². The van der Waals surface area contributed by atoms with Gasteiger partial charge in [-0.15, -0.1) is 0 Å². The van der Waals surface area contributed by atoms with Gasteiger partial charge in [0.25, 0.3) is 5.56 Å². The standard InChI is InChI=1S/C28H34N8O2S/c1-5-39(4,38)22-11-6-18(12-29-22)13-30-26-28(37)36(17(3)19-7-8-19)27-21(34-26)14-31-25(35-27)23-16(2)32-15-33-24(23)20-9-10-20/h6,11-12,14-15,17,19-20,39H,5,7-10,13H2,1-4H3,(H,30,34)/t17-/m0/s1. The number of anilines is 1. The van der Waals surface area contributed by atoms with Crippen molar-refractivity contribution in [3.63, 3.8) is 0 Å². The van der Waals surface area contributed by atoms with Crippen LogP contribution < -0.4 is 10.9 Å². The summed E-state index contributed by atoms with van der Waals surface area (Å²) in [7, 11) is -2.43. The average molecular weight is 547 g/mol. The van der Waals surface area contributed by atoms with E-state index in [9.17, 15) is 9.00 Å². The van der Waals surface area contributed by atoms with Crippen LogP contribution in [0.15, 0.2) is 40.7 Å². The van der Waals surface area contributed by atoms with Crippen molar-refractivity contribution in [3.8, 4) is 11.4 Å². The molecule has 2 aliphatic carbocycles. The van der Waals surface area contributed by atoms with Crippen LogP contribution in [-0.2, 0) is 16.5 Å². The molecule has 39 heavy (non-hydrogen) atoms. The smallest absolute Gasteiger partial charge is 0.295 e. The summed E-state index contributed by atoms with van der Waals surface area (Å²) in [5, 5.41) is 3.83. The normalized spacial score (nSPS) is 16.8. The first-order chi connectivity index (χ1) is 18.8. The molecule has 1 atom stereocenters. The topological polar surface area (TPSA) is 128 Å². The third-order valence-corrected chi connectivity index (χ3v) is 10.4. The van der Waals surface area contributed by atoms with Gasteiger partial charge in [-0.2, -0.15) is 0 Å². The SMILES string of the molecule is CC[SH](C)(=O)c1ccc(CNc2nc3cnc(-c4c(C)ncnc4C4CC4)nc3n([C@@H](C)C3CC3)c2=O)cn1. The molecule has 0 aliphatic heterocycles. The van der Waals surface area contributed by atoms with E-state index in [4.69, 9.17) is 4.98 Å². The summed E-state index contributed by atoms with van der Waals surface area (Å²) in [5.41, 5.74) is 4.43. The molecule has 0 spiro atoms. The van der Waals surface area contributed by atoms with Gasteiger partial charge in [0.2, 0.25) is 0 Å². The highest BCUT2D eigenvalue weighted by Crippen LogP contribution is 2.43. The third-order valence-electron chi connectivity index (χ3n) is 7.95. The van der Waals surface area contributed by atoms with E-state index >= 15 is 0 Å². The van der Waals surface area contributed by atoms with Crippen molar-refractivity contribution in [1.82, 2.24) is 34.5 Å². The van der Waals surface area contributed by atoms with E-state index in [2.05, 4.69) is 37.2 Å². The lowest BCUT2D eigenvalue weighted by molar-refractivity contribution is 0.482. The zero-order valence-corrected chi connectivity index (χ0v) is 23.7. The Bertz CT molecular complexity index is 1660. The lowest BCUT2D eigenvalue weighted by Gasteiger charge is -2.19. The minimum absolute atomic E-state index is 0.0176. The van der Waals surface area contributed by atoms with E-state index in [1.807, 2.05) is 26.0 Å². The van der Waals surface area contributed by atoms with Gasteiger partial charge in [0.15, 0.2) is 17.3 Å². The van der Waals surface area contributed by atoms with Crippen LogP contribution in [-0.4, -0.2) is 50.7 Å². The maximum Gasteiger partial charge on any atom is 0.295 e. The number of nitrogens with zero attached hydrogens (tertiary/aromatic N) is 7. The number of rotatable bonds is 9. The second-order valence-electron chi connectivity index (χ2n) is 10.9. The molecule has 10 nitrogen and oxygen atoms in total. The van der Waals surface area contributed by atoms with E-state index in [0.717, 1.165) is 48.2 Å². The Balaban J connectivity index is 1.38. The average Bonchev–Trinajstić information content (AvgIpc) is 3.85. The zero-order chi connectivity index (χ0) is 27.3. The molecule has 1 N–H and O–H groups in total. The maximum atomic E-state index is 13.8. The van der Waals surface area contributed by atoms with Crippen LogP contribution in [0, 0.1) is 12.8 Å². The molecular formula is C28H34N8O2S. The summed E-state index contributed by atoms with van der Waals surface area (Å²) < 4.78 is 14.4. The van der Waals surface area contributed by atoms with E-state index in [1.165, 1.54) is 0 Å². The lowest BCUT2D eigenvalue weighted by atomic mass is 10.1. The number of aromatic nitrogens is 7. The second kappa shape index (κ2) is 9.86. The molecule has 2 aliphatic rings. The van der Waals surface area contributed by atoms with Crippen molar-refractivity contribution in [2.75, 3.05) is 17.3 Å².